The van der Waals surface area contributed by atoms with Crippen LogP contribution in [0.5, 0.6) is 0 Å². The zero-order valence-corrected chi connectivity index (χ0v) is 13.8. The summed E-state index contributed by atoms with van der Waals surface area (Å²) >= 11 is 0. The number of nitrogens with zero attached hydrogens (tertiary/aromatic N) is 4. The lowest BCUT2D eigenvalue weighted by Gasteiger charge is -2.32. The van der Waals surface area contributed by atoms with Crippen molar-refractivity contribution >= 4 is 11.1 Å². The molecule has 126 valence electrons. The van der Waals surface area contributed by atoms with E-state index in [4.69, 9.17) is 13.6 Å². The second-order valence-corrected chi connectivity index (χ2v) is 6.27. The minimum absolute atomic E-state index is 0.156. The van der Waals surface area contributed by atoms with Gasteiger partial charge in [-0.1, -0.05) is 12.1 Å². The zero-order valence-electron chi connectivity index (χ0n) is 13.8. The van der Waals surface area contributed by atoms with Gasteiger partial charge in [-0.25, -0.2) is 4.98 Å². The monoisotopic (exact) mass is 328 g/mol. The maximum Gasteiger partial charge on any atom is 0.246 e. The Balaban J connectivity index is 1.41. The Hall–Kier alpha value is -2.25. The Kier molecular flexibility index (Phi) is 4.03. The molecule has 4 rings (SSSR count). The van der Waals surface area contributed by atoms with E-state index in [9.17, 15) is 0 Å². The van der Waals surface area contributed by atoms with E-state index in [0.29, 0.717) is 30.5 Å². The molecule has 24 heavy (non-hydrogen) atoms. The van der Waals surface area contributed by atoms with Gasteiger partial charge in [0.15, 0.2) is 11.5 Å². The van der Waals surface area contributed by atoms with E-state index in [1.54, 1.807) is 0 Å². The van der Waals surface area contributed by atoms with Crippen molar-refractivity contribution in [2.24, 2.45) is 0 Å². The van der Waals surface area contributed by atoms with Crippen LogP contribution in [0.25, 0.3) is 11.1 Å². The lowest BCUT2D eigenvalue weighted by molar-refractivity contribution is -0.0825. The molecule has 3 heterocycles. The van der Waals surface area contributed by atoms with Gasteiger partial charge in [0.1, 0.15) is 11.6 Å². The summed E-state index contributed by atoms with van der Waals surface area (Å²) in [4.78, 5) is 6.67. The van der Waals surface area contributed by atoms with E-state index < -0.39 is 0 Å². The van der Waals surface area contributed by atoms with Gasteiger partial charge in [-0.15, -0.1) is 10.2 Å². The lowest BCUT2D eigenvalue weighted by Crippen LogP contribution is -2.40. The Morgan fingerprint density at radius 1 is 1.08 bits per heavy atom. The molecule has 1 aliphatic heterocycles. The number of fused-ring (bicyclic) bond motifs is 1. The number of hydrogen-bond acceptors (Lipinski definition) is 7. The van der Waals surface area contributed by atoms with Gasteiger partial charge < -0.3 is 18.5 Å². The maximum absolute atomic E-state index is 5.89. The SMILES string of the molecule is C[C@@H]1CN(C)C[C@H](c2nnc(CCc3nc4ccccc4o3)o2)O1. The van der Waals surface area contributed by atoms with Crippen LogP contribution >= 0.6 is 0 Å². The fraction of sp³-hybridized carbons (Fsp3) is 0.471. The highest BCUT2D eigenvalue weighted by atomic mass is 16.5. The second-order valence-electron chi connectivity index (χ2n) is 6.27. The lowest BCUT2D eigenvalue weighted by atomic mass is 10.2. The van der Waals surface area contributed by atoms with Crippen molar-refractivity contribution in [2.45, 2.75) is 32.0 Å². The molecule has 0 unspecified atom stereocenters. The van der Waals surface area contributed by atoms with Crippen molar-refractivity contribution < 1.29 is 13.6 Å². The second kappa shape index (κ2) is 6.33. The highest BCUT2D eigenvalue weighted by molar-refractivity contribution is 5.72. The van der Waals surface area contributed by atoms with Crippen LogP contribution in [-0.2, 0) is 17.6 Å². The third-order valence-corrected chi connectivity index (χ3v) is 4.09. The third-order valence-electron chi connectivity index (χ3n) is 4.09. The Morgan fingerprint density at radius 3 is 2.75 bits per heavy atom. The standard InChI is InChI=1S/C17H20N4O3/c1-11-9-21(2)10-14(22-11)17-20-19-16(24-17)8-7-15-18-12-5-3-4-6-13(12)23-15/h3-6,11,14H,7-10H2,1-2H3/t11-,14-/m1/s1. The summed E-state index contributed by atoms with van der Waals surface area (Å²) in [5.74, 6) is 1.80. The molecule has 0 aliphatic carbocycles. The largest absolute Gasteiger partial charge is 0.441 e. The molecule has 1 saturated heterocycles. The van der Waals surface area contributed by atoms with Gasteiger partial charge in [0.05, 0.1) is 6.10 Å². The van der Waals surface area contributed by atoms with Crippen LogP contribution in [0.15, 0.2) is 33.1 Å². The summed E-state index contributed by atoms with van der Waals surface area (Å²) in [6, 6.07) is 7.73. The molecule has 2 atom stereocenters. The van der Waals surface area contributed by atoms with Gasteiger partial charge in [-0.2, -0.15) is 0 Å². The fourth-order valence-corrected chi connectivity index (χ4v) is 3.04. The predicted octanol–water partition coefficient (Wildman–Crippen LogP) is 2.39. The number of para-hydroxylation sites is 2. The minimum atomic E-state index is -0.163. The van der Waals surface area contributed by atoms with Crippen molar-refractivity contribution in [3.8, 4) is 0 Å². The van der Waals surface area contributed by atoms with Crippen LogP contribution < -0.4 is 0 Å². The molecule has 3 aromatic rings. The molecular weight excluding hydrogens is 308 g/mol. The number of likely N-dealkylation sites (N-methyl/N-ethyl adjacent to an activating group) is 1. The van der Waals surface area contributed by atoms with Crippen molar-refractivity contribution in [3.05, 3.63) is 41.9 Å². The van der Waals surface area contributed by atoms with Crippen LogP contribution in [0.4, 0.5) is 0 Å². The Morgan fingerprint density at radius 2 is 1.92 bits per heavy atom. The number of benzene rings is 1. The highest BCUT2D eigenvalue weighted by Gasteiger charge is 2.28. The first-order chi connectivity index (χ1) is 11.7. The quantitative estimate of drug-likeness (QED) is 0.727. The average Bonchev–Trinajstić information content (AvgIpc) is 3.18. The predicted molar refractivity (Wildman–Crippen MR) is 86.5 cm³/mol. The molecule has 0 radical (unpaired) electrons. The van der Waals surface area contributed by atoms with Crippen LogP contribution in [0.1, 0.15) is 30.7 Å². The number of morpholine rings is 1. The van der Waals surface area contributed by atoms with Crippen LogP contribution in [0, 0.1) is 0 Å². The van der Waals surface area contributed by atoms with E-state index in [1.807, 2.05) is 31.2 Å². The maximum atomic E-state index is 5.89. The topological polar surface area (TPSA) is 77.4 Å². The van der Waals surface area contributed by atoms with E-state index in [-0.39, 0.29) is 12.2 Å². The van der Waals surface area contributed by atoms with E-state index >= 15 is 0 Å². The van der Waals surface area contributed by atoms with Crippen LogP contribution in [0.2, 0.25) is 0 Å². The average molecular weight is 328 g/mol. The minimum Gasteiger partial charge on any atom is -0.441 e. The molecule has 1 fully saturated rings. The first kappa shape index (κ1) is 15.3. The van der Waals surface area contributed by atoms with Crippen LogP contribution in [-0.4, -0.2) is 46.3 Å². The fourth-order valence-electron chi connectivity index (χ4n) is 3.04. The van der Waals surface area contributed by atoms with Gasteiger partial charge in [-0.05, 0) is 26.1 Å². The molecule has 7 nitrogen and oxygen atoms in total. The number of oxazole rings is 1. The molecule has 2 aromatic heterocycles. The first-order valence-corrected chi connectivity index (χ1v) is 8.18. The molecule has 0 spiro atoms. The summed E-state index contributed by atoms with van der Waals surface area (Å²) < 4.78 is 17.4. The molecule has 7 heteroatoms. The molecule has 0 N–H and O–H groups in total. The zero-order chi connectivity index (χ0) is 16.5. The first-order valence-electron chi connectivity index (χ1n) is 8.18. The number of hydrogen-bond donors (Lipinski definition) is 0. The van der Waals surface area contributed by atoms with Gasteiger partial charge in [0, 0.05) is 25.9 Å². The summed E-state index contributed by atoms with van der Waals surface area (Å²) in [6.07, 6.45) is 1.21. The Bertz CT molecular complexity index is 785. The highest BCUT2D eigenvalue weighted by Crippen LogP contribution is 2.24. The van der Waals surface area contributed by atoms with Crippen LogP contribution in [0.3, 0.4) is 0 Å². The van der Waals surface area contributed by atoms with Crippen molar-refractivity contribution in [3.63, 3.8) is 0 Å². The number of ether oxygens (including phenoxy) is 1. The molecule has 1 aromatic carbocycles. The van der Waals surface area contributed by atoms with Gasteiger partial charge >= 0.3 is 0 Å². The van der Waals surface area contributed by atoms with Crippen molar-refractivity contribution in [2.75, 3.05) is 20.1 Å². The molecule has 1 aliphatic rings. The van der Waals surface area contributed by atoms with E-state index in [2.05, 4.69) is 27.1 Å². The number of aromatic nitrogens is 3. The molecular formula is C17H20N4O3. The normalized spacial score (nSPS) is 22.2. The summed E-state index contributed by atoms with van der Waals surface area (Å²) in [5, 5.41) is 8.27. The third kappa shape index (κ3) is 3.18. The molecule has 0 bridgehead atoms. The van der Waals surface area contributed by atoms with Gasteiger partial charge in [0.25, 0.3) is 0 Å². The summed E-state index contributed by atoms with van der Waals surface area (Å²) in [6.45, 7) is 3.72. The summed E-state index contributed by atoms with van der Waals surface area (Å²) in [7, 11) is 2.07. The summed E-state index contributed by atoms with van der Waals surface area (Å²) in [5.41, 5.74) is 1.66. The molecule has 0 amide bonds. The smallest absolute Gasteiger partial charge is 0.246 e. The number of rotatable bonds is 4. The Labute approximate surface area is 139 Å². The van der Waals surface area contributed by atoms with Gasteiger partial charge in [0.2, 0.25) is 11.8 Å². The van der Waals surface area contributed by atoms with Gasteiger partial charge in [-0.3, -0.25) is 0 Å². The van der Waals surface area contributed by atoms with E-state index in [0.717, 1.165) is 24.2 Å². The number of aryl methyl sites for hydroxylation is 2. The molecule has 0 saturated carbocycles. The van der Waals surface area contributed by atoms with Crippen molar-refractivity contribution in [1.29, 1.82) is 0 Å². The van der Waals surface area contributed by atoms with Crippen molar-refractivity contribution in [1.82, 2.24) is 20.1 Å². The van der Waals surface area contributed by atoms with E-state index in [1.165, 1.54) is 0 Å².